The summed E-state index contributed by atoms with van der Waals surface area (Å²) < 4.78 is 10.8. The van der Waals surface area contributed by atoms with Crippen molar-refractivity contribution >= 4 is 7.69 Å². The van der Waals surface area contributed by atoms with E-state index in [1.54, 1.807) is 0 Å². The van der Waals surface area contributed by atoms with Gasteiger partial charge in [0.15, 0.2) is 0 Å². The van der Waals surface area contributed by atoms with Crippen molar-refractivity contribution in [1.82, 2.24) is 0 Å². The van der Waals surface area contributed by atoms with E-state index in [2.05, 4.69) is 0 Å². The van der Waals surface area contributed by atoms with E-state index < -0.39 is 0 Å². The van der Waals surface area contributed by atoms with E-state index in [0.717, 1.165) is 5.75 Å². The van der Waals surface area contributed by atoms with Gasteiger partial charge in [-0.05, 0) is 32.9 Å². The van der Waals surface area contributed by atoms with Crippen LogP contribution in [0.3, 0.4) is 0 Å². The van der Waals surface area contributed by atoms with Crippen LogP contribution in [0.1, 0.15) is 20.8 Å². The van der Waals surface area contributed by atoms with Gasteiger partial charge in [0.25, 0.3) is 0 Å². The molecule has 0 saturated heterocycles. The molecule has 0 saturated carbocycles. The maximum Gasteiger partial charge on any atom is 0.507 e. The molecule has 0 N–H and O–H groups in total. The molecular formula is C10H15BO2. The fourth-order valence-corrected chi connectivity index (χ4v) is 0.791. The average molecular weight is 178 g/mol. The quantitative estimate of drug-likeness (QED) is 0.660. The van der Waals surface area contributed by atoms with Crippen molar-refractivity contribution in [3.8, 4) is 5.75 Å². The highest BCUT2D eigenvalue weighted by Crippen LogP contribution is 2.10. The average Bonchev–Trinajstić information content (AvgIpc) is 2.04. The summed E-state index contributed by atoms with van der Waals surface area (Å²) in [6.45, 7) is 6.00. The van der Waals surface area contributed by atoms with Gasteiger partial charge in [0.05, 0.1) is 0 Å². The van der Waals surface area contributed by atoms with Gasteiger partial charge in [-0.3, -0.25) is 0 Å². The molecule has 0 aromatic heterocycles. The highest BCUT2D eigenvalue weighted by atomic mass is 16.6. The van der Waals surface area contributed by atoms with Crippen molar-refractivity contribution in [2.75, 3.05) is 0 Å². The van der Waals surface area contributed by atoms with E-state index in [9.17, 15) is 0 Å². The van der Waals surface area contributed by atoms with Crippen molar-refractivity contribution in [3.05, 3.63) is 30.3 Å². The van der Waals surface area contributed by atoms with Crippen LogP contribution in [-0.2, 0) is 4.65 Å². The molecule has 0 radical (unpaired) electrons. The number of hydrogen-bond acceptors (Lipinski definition) is 2. The molecular weight excluding hydrogens is 163 g/mol. The molecule has 1 rings (SSSR count). The van der Waals surface area contributed by atoms with Gasteiger partial charge < -0.3 is 9.31 Å². The van der Waals surface area contributed by atoms with Gasteiger partial charge in [-0.25, -0.2) is 0 Å². The van der Waals surface area contributed by atoms with Crippen LogP contribution >= 0.6 is 0 Å². The van der Waals surface area contributed by atoms with E-state index in [1.807, 2.05) is 51.1 Å². The predicted octanol–water partition coefficient (Wildman–Crippen LogP) is 2.15. The highest BCUT2D eigenvalue weighted by molar-refractivity contribution is 6.19. The molecule has 0 fully saturated rings. The first kappa shape index (κ1) is 10.1. The smallest absolute Gasteiger partial charge is 0.507 e. The van der Waals surface area contributed by atoms with Gasteiger partial charge in [0, 0.05) is 5.60 Å². The molecule has 13 heavy (non-hydrogen) atoms. The van der Waals surface area contributed by atoms with Crippen molar-refractivity contribution in [2.45, 2.75) is 26.4 Å². The van der Waals surface area contributed by atoms with Gasteiger partial charge in [-0.1, -0.05) is 18.2 Å². The summed E-state index contributed by atoms with van der Waals surface area (Å²) in [6.07, 6.45) is 0. The molecule has 3 heteroatoms. The molecule has 1 aromatic rings. The third-order valence-corrected chi connectivity index (χ3v) is 1.46. The first-order valence-corrected chi connectivity index (χ1v) is 4.40. The lowest BCUT2D eigenvalue weighted by molar-refractivity contribution is 0.118. The molecule has 2 nitrogen and oxygen atoms in total. The van der Waals surface area contributed by atoms with Crippen molar-refractivity contribution in [3.63, 3.8) is 0 Å². The van der Waals surface area contributed by atoms with Gasteiger partial charge in [0.2, 0.25) is 0 Å². The summed E-state index contributed by atoms with van der Waals surface area (Å²) >= 11 is 0. The Bertz CT molecular complexity index is 241. The van der Waals surface area contributed by atoms with Gasteiger partial charge in [0.1, 0.15) is 5.75 Å². The summed E-state index contributed by atoms with van der Waals surface area (Å²) in [4.78, 5) is 0. The maximum absolute atomic E-state index is 5.41. The standard InChI is InChI=1S/C10H15BO2/c1-10(2,3)13-11-12-9-7-5-4-6-8-9/h4-8,11H,1-3H3. The minimum atomic E-state index is -0.144. The largest absolute Gasteiger partial charge is 0.539 e. The Kier molecular flexibility index (Phi) is 3.37. The molecule has 0 spiro atoms. The summed E-state index contributed by atoms with van der Waals surface area (Å²) in [5.41, 5.74) is -0.144. The zero-order chi connectivity index (χ0) is 9.73. The maximum atomic E-state index is 5.41. The van der Waals surface area contributed by atoms with Crippen LogP contribution in [0.5, 0.6) is 5.75 Å². The lowest BCUT2D eigenvalue weighted by Crippen LogP contribution is -2.24. The normalized spacial score (nSPS) is 11.0. The van der Waals surface area contributed by atoms with Gasteiger partial charge in [-0.15, -0.1) is 0 Å². The van der Waals surface area contributed by atoms with E-state index >= 15 is 0 Å². The van der Waals surface area contributed by atoms with Crippen LogP contribution in [-0.4, -0.2) is 13.3 Å². The molecule has 1 aromatic carbocycles. The van der Waals surface area contributed by atoms with Crippen LogP contribution in [0.2, 0.25) is 0 Å². The second-order valence-electron chi connectivity index (χ2n) is 3.83. The van der Waals surface area contributed by atoms with Crippen LogP contribution in [0.15, 0.2) is 30.3 Å². The summed E-state index contributed by atoms with van der Waals surface area (Å²) in [5, 5.41) is 0. The minimum absolute atomic E-state index is 0.144. The monoisotopic (exact) mass is 178 g/mol. The summed E-state index contributed by atoms with van der Waals surface area (Å²) in [6, 6.07) is 9.65. The fraction of sp³-hybridized carbons (Fsp3) is 0.400. The topological polar surface area (TPSA) is 18.5 Å². The molecule has 0 aliphatic carbocycles. The first-order chi connectivity index (χ1) is 6.08. The van der Waals surface area contributed by atoms with Gasteiger partial charge >= 0.3 is 7.69 Å². The predicted molar refractivity (Wildman–Crippen MR) is 55.1 cm³/mol. The second-order valence-corrected chi connectivity index (χ2v) is 3.83. The van der Waals surface area contributed by atoms with Crippen molar-refractivity contribution in [2.24, 2.45) is 0 Å². The first-order valence-electron chi connectivity index (χ1n) is 4.40. The van der Waals surface area contributed by atoms with E-state index in [-0.39, 0.29) is 5.60 Å². The van der Waals surface area contributed by atoms with Crippen LogP contribution in [0, 0.1) is 0 Å². The Labute approximate surface area is 80.2 Å². The molecule has 0 aliphatic heterocycles. The zero-order valence-electron chi connectivity index (χ0n) is 8.41. The number of rotatable bonds is 3. The Hall–Kier alpha value is -0.955. The zero-order valence-corrected chi connectivity index (χ0v) is 8.41. The highest BCUT2D eigenvalue weighted by Gasteiger charge is 2.11. The third-order valence-electron chi connectivity index (χ3n) is 1.46. The summed E-state index contributed by atoms with van der Waals surface area (Å²) in [5.74, 6) is 0.840. The lowest BCUT2D eigenvalue weighted by atomic mass is 10.1. The number of hydrogen-bond donors (Lipinski definition) is 0. The van der Waals surface area contributed by atoms with E-state index in [1.165, 1.54) is 0 Å². The fourth-order valence-electron chi connectivity index (χ4n) is 0.791. The third kappa shape index (κ3) is 4.58. The van der Waals surface area contributed by atoms with Crippen LogP contribution < -0.4 is 4.65 Å². The molecule has 0 unspecified atom stereocenters. The molecule has 0 aliphatic rings. The Morgan fingerprint density at radius 3 is 2.23 bits per heavy atom. The Morgan fingerprint density at radius 2 is 1.69 bits per heavy atom. The Morgan fingerprint density at radius 1 is 1.08 bits per heavy atom. The molecule has 70 valence electrons. The van der Waals surface area contributed by atoms with Crippen molar-refractivity contribution < 1.29 is 9.31 Å². The van der Waals surface area contributed by atoms with Crippen LogP contribution in [0.4, 0.5) is 0 Å². The number of para-hydroxylation sites is 1. The minimum Gasteiger partial charge on any atom is -0.539 e. The lowest BCUT2D eigenvalue weighted by Gasteiger charge is -2.19. The van der Waals surface area contributed by atoms with E-state index in [4.69, 9.17) is 9.31 Å². The van der Waals surface area contributed by atoms with Gasteiger partial charge in [-0.2, -0.15) is 0 Å². The molecule has 0 amide bonds. The van der Waals surface area contributed by atoms with Crippen LogP contribution in [0.25, 0.3) is 0 Å². The number of benzene rings is 1. The second kappa shape index (κ2) is 4.33. The Balaban J connectivity index is 2.29. The van der Waals surface area contributed by atoms with Crippen molar-refractivity contribution in [1.29, 1.82) is 0 Å². The summed E-state index contributed by atoms with van der Waals surface area (Å²) in [7, 11) is 0.299. The van der Waals surface area contributed by atoms with E-state index in [0.29, 0.717) is 7.69 Å². The SMILES string of the molecule is CC(C)(C)OBOc1ccccc1. The molecule has 0 bridgehead atoms. The molecule has 0 atom stereocenters. The molecule has 0 heterocycles.